The van der Waals surface area contributed by atoms with Crippen LogP contribution >= 0.6 is 0 Å². The molecule has 0 radical (unpaired) electrons. The van der Waals surface area contributed by atoms with Gasteiger partial charge in [0.25, 0.3) is 5.91 Å². The SMILES string of the molecule is C#CCN(C)C(=O)c1cccnc1OC. The Hall–Kier alpha value is -2.02. The number of carbonyl (C=O) groups excluding carboxylic acids is 1. The summed E-state index contributed by atoms with van der Waals surface area (Å²) in [6, 6.07) is 3.33. The Kier molecular flexibility index (Phi) is 3.69. The van der Waals surface area contributed by atoms with Crippen molar-refractivity contribution in [2.75, 3.05) is 20.7 Å². The van der Waals surface area contributed by atoms with Crippen LogP contribution in [0.4, 0.5) is 0 Å². The topological polar surface area (TPSA) is 42.4 Å². The molecule has 0 bridgehead atoms. The van der Waals surface area contributed by atoms with E-state index in [4.69, 9.17) is 11.2 Å². The molecule has 0 spiro atoms. The molecule has 0 saturated carbocycles. The first kappa shape index (κ1) is 11.1. The summed E-state index contributed by atoms with van der Waals surface area (Å²) in [5.74, 6) is 2.51. The third kappa shape index (κ3) is 2.47. The minimum atomic E-state index is -0.196. The fraction of sp³-hybridized carbons (Fsp3) is 0.273. The third-order valence-corrected chi connectivity index (χ3v) is 1.87. The molecule has 0 aliphatic heterocycles. The Labute approximate surface area is 88.9 Å². The Morgan fingerprint density at radius 3 is 3.07 bits per heavy atom. The molecular weight excluding hydrogens is 192 g/mol. The number of carbonyl (C=O) groups is 1. The lowest BCUT2D eigenvalue weighted by atomic mass is 10.2. The molecule has 1 amide bonds. The quantitative estimate of drug-likeness (QED) is 0.684. The third-order valence-electron chi connectivity index (χ3n) is 1.87. The first-order valence-corrected chi connectivity index (χ1v) is 4.38. The summed E-state index contributed by atoms with van der Waals surface area (Å²) < 4.78 is 4.98. The molecule has 0 saturated heterocycles. The standard InChI is InChI=1S/C11H12N2O2/c1-4-8-13(2)11(14)9-6-5-7-12-10(9)15-3/h1,5-7H,8H2,2-3H3. The maximum atomic E-state index is 11.8. The molecule has 0 fully saturated rings. The molecule has 15 heavy (non-hydrogen) atoms. The maximum absolute atomic E-state index is 11.8. The normalized spacial score (nSPS) is 9.13. The fourth-order valence-electron chi connectivity index (χ4n) is 1.13. The van der Waals surface area contributed by atoms with Gasteiger partial charge in [0.2, 0.25) is 5.88 Å². The van der Waals surface area contributed by atoms with Gasteiger partial charge in [0.1, 0.15) is 5.56 Å². The predicted molar refractivity (Wildman–Crippen MR) is 56.6 cm³/mol. The molecule has 1 aromatic heterocycles. The van der Waals surface area contributed by atoms with Gasteiger partial charge in [-0.15, -0.1) is 6.42 Å². The fourth-order valence-corrected chi connectivity index (χ4v) is 1.13. The molecule has 1 heterocycles. The summed E-state index contributed by atoms with van der Waals surface area (Å²) in [5.41, 5.74) is 0.415. The van der Waals surface area contributed by atoms with Gasteiger partial charge in [-0.3, -0.25) is 4.79 Å². The highest BCUT2D eigenvalue weighted by Gasteiger charge is 2.15. The summed E-state index contributed by atoms with van der Waals surface area (Å²) in [7, 11) is 3.11. The Bertz CT molecular complexity index is 396. The van der Waals surface area contributed by atoms with Gasteiger partial charge in [-0.05, 0) is 12.1 Å². The van der Waals surface area contributed by atoms with Crippen LogP contribution in [-0.4, -0.2) is 36.5 Å². The minimum Gasteiger partial charge on any atom is -0.480 e. The molecule has 0 unspecified atom stereocenters. The molecule has 4 heteroatoms. The zero-order chi connectivity index (χ0) is 11.3. The number of hydrogen-bond donors (Lipinski definition) is 0. The first-order valence-electron chi connectivity index (χ1n) is 4.38. The number of rotatable bonds is 3. The summed E-state index contributed by atoms with van der Waals surface area (Å²) in [4.78, 5) is 17.2. The molecule has 0 aliphatic carbocycles. The van der Waals surface area contributed by atoms with E-state index in [1.54, 1.807) is 25.4 Å². The molecule has 1 rings (SSSR count). The summed E-state index contributed by atoms with van der Waals surface area (Å²) in [5, 5.41) is 0. The highest BCUT2D eigenvalue weighted by Crippen LogP contribution is 2.15. The summed E-state index contributed by atoms with van der Waals surface area (Å²) in [6.07, 6.45) is 6.69. The molecule has 0 aliphatic rings. The molecule has 0 aromatic carbocycles. The number of nitrogens with zero attached hydrogens (tertiary/aromatic N) is 2. The number of hydrogen-bond acceptors (Lipinski definition) is 3. The molecule has 1 aromatic rings. The highest BCUT2D eigenvalue weighted by molar-refractivity contribution is 5.96. The number of amides is 1. The van der Waals surface area contributed by atoms with E-state index in [1.165, 1.54) is 12.0 Å². The van der Waals surface area contributed by atoms with E-state index < -0.39 is 0 Å². The van der Waals surface area contributed by atoms with E-state index in [-0.39, 0.29) is 12.5 Å². The van der Waals surface area contributed by atoms with E-state index in [1.807, 2.05) is 0 Å². The Morgan fingerprint density at radius 2 is 2.47 bits per heavy atom. The number of ether oxygens (including phenoxy) is 1. The van der Waals surface area contributed by atoms with E-state index in [9.17, 15) is 4.79 Å². The zero-order valence-corrected chi connectivity index (χ0v) is 8.73. The Morgan fingerprint density at radius 1 is 1.73 bits per heavy atom. The average Bonchev–Trinajstić information content (AvgIpc) is 2.28. The second-order valence-corrected chi connectivity index (χ2v) is 2.93. The van der Waals surface area contributed by atoms with Crippen molar-refractivity contribution in [3.05, 3.63) is 23.9 Å². The van der Waals surface area contributed by atoms with Crippen molar-refractivity contribution in [1.29, 1.82) is 0 Å². The highest BCUT2D eigenvalue weighted by atomic mass is 16.5. The predicted octanol–water partition coefficient (Wildman–Crippen LogP) is 0.795. The van der Waals surface area contributed by atoms with E-state index in [0.29, 0.717) is 11.4 Å². The second-order valence-electron chi connectivity index (χ2n) is 2.93. The summed E-state index contributed by atoms with van der Waals surface area (Å²) >= 11 is 0. The first-order chi connectivity index (χ1) is 7.20. The lowest BCUT2D eigenvalue weighted by Gasteiger charge is -2.14. The van der Waals surface area contributed by atoms with Gasteiger partial charge < -0.3 is 9.64 Å². The van der Waals surface area contributed by atoms with Gasteiger partial charge in [0, 0.05) is 13.2 Å². The van der Waals surface area contributed by atoms with Crippen LogP contribution in [0.2, 0.25) is 0 Å². The van der Waals surface area contributed by atoms with Crippen LogP contribution < -0.4 is 4.74 Å². The van der Waals surface area contributed by atoms with Gasteiger partial charge in [-0.25, -0.2) is 4.98 Å². The molecule has 0 atom stereocenters. The lowest BCUT2D eigenvalue weighted by Crippen LogP contribution is -2.27. The van der Waals surface area contributed by atoms with Crippen molar-refractivity contribution >= 4 is 5.91 Å². The molecule has 4 nitrogen and oxygen atoms in total. The summed E-state index contributed by atoms with van der Waals surface area (Å²) in [6.45, 7) is 0.261. The number of terminal acetylenes is 1. The smallest absolute Gasteiger partial charge is 0.259 e. The van der Waals surface area contributed by atoms with Gasteiger partial charge in [-0.2, -0.15) is 0 Å². The van der Waals surface area contributed by atoms with Crippen LogP contribution in [0.15, 0.2) is 18.3 Å². The number of aromatic nitrogens is 1. The van der Waals surface area contributed by atoms with Crippen LogP contribution in [0.3, 0.4) is 0 Å². The van der Waals surface area contributed by atoms with Crippen LogP contribution in [0.5, 0.6) is 5.88 Å². The van der Waals surface area contributed by atoms with Crippen molar-refractivity contribution in [1.82, 2.24) is 9.88 Å². The monoisotopic (exact) mass is 204 g/mol. The van der Waals surface area contributed by atoms with Crippen LogP contribution in [-0.2, 0) is 0 Å². The maximum Gasteiger partial charge on any atom is 0.259 e. The molecule has 0 N–H and O–H groups in total. The zero-order valence-electron chi connectivity index (χ0n) is 8.73. The lowest BCUT2D eigenvalue weighted by molar-refractivity contribution is 0.0808. The van der Waals surface area contributed by atoms with E-state index >= 15 is 0 Å². The van der Waals surface area contributed by atoms with E-state index in [2.05, 4.69) is 10.9 Å². The van der Waals surface area contributed by atoms with Crippen molar-refractivity contribution < 1.29 is 9.53 Å². The van der Waals surface area contributed by atoms with Gasteiger partial charge in [0.05, 0.1) is 13.7 Å². The second kappa shape index (κ2) is 5.01. The van der Waals surface area contributed by atoms with Crippen LogP contribution in [0.25, 0.3) is 0 Å². The largest absolute Gasteiger partial charge is 0.480 e. The minimum absolute atomic E-state index is 0.196. The van der Waals surface area contributed by atoms with Crippen molar-refractivity contribution in [3.8, 4) is 18.2 Å². The number of pyridine rings is 1. The van der Waals surface area contributed by atoms with Crippen LogP contribution in [0, 0.1) is 12.3 Å². The Balaban J connectivity index is 2.96. The molecule has 78 valence electrons. The van der Waals surface area contributed by atoms with Gasteiger partial charge in [-0.1, -0.05) is 5.92 Å². The van der Waals surface area contributed by atoms with E-state index in [0.717, 1.165) is 0 Å². The average molecular weight is 204 g/mol. The molecular formula is C11H12N2O2. The van der Waals surface area contributed by atoms with Crippen molar-refractivity contribution in [2.24, 2.45) is 0 Å². The van der Waals surface area contributed by atoms with Gasteiger partial charge >= 0.3 is 0 Å². The van der Waals surface area contributed by atoms with Crippen molar-refractivity contribution in [3.63, 3.8) is 0 Å². The van der Waals surface area contributed by atoms with Crippen LogP contribution in [0.1, 0.15) is 10.4 Å². The number of methoxy groups -OCH3 is 1. The van der Waals surface area contributed by atoms with Crippen molar-refractivity contribution in [2.45, 2.75) is 0 Å². The van der Waals surface area contributed by atoms with Gasteiger partial charge in [0.15, 0.2) is 0 Å².